The Balaban J connectivity index is 1.76. The fourth-order valence-electron chi connectivity index (χ4n) is 2.54. The lowest BCUT2D eigenvalue weighted by Crippen LogP contribution is -2.15. The zero-order valence-electron chi connectivity index (χ0n) is 15.9. The molecular weight excluding hydrogens is 376 g/mol. The largest absolute Gasteiger partial charge is 0.494 e. The highest BCUT2D eigenvalue weighted by molar-refractivity contribution is 6.31. The van der Waals surface area contributed by atoms with Crippen LogP contribution in [0.2, 0.25) is 5.02 Å². The van der Waals surface area contributed by atoms with Gasteiger partial charge >= 0.3 is 0 Å². The summed E-state index contributed by atoms with van der Waals surface area (Å²) < 4.78 is 5.40. The van der Waals surface area contributed by atoms with Gasteiger partial charge in [-0.2, -0.15) is 0 Å². The molecule has 0 saturated heterocycles. The normalized spacial score (nSPS) is 10.4. The maximum absolute atomic E-state index is 12.6. The molecule has 0 unspecified atom stereocenters. The Morgan fingerprint density at radius 2 is 1.75 bits per heavy atom. The molecule has 2 N–H and O–H groups in total. The highest BCUT2D eigenvalue weighted by Crippen LogP contribution is 2.22. The zero-order chi connectivity index (χ0) is 20.1. The van der Waals surface area contributed by atoms with Gasteiger partial charge in [-0.25, -0.2) is 9.97 Å². The van der Waals surface area contributed by atoms with Crippen LogP contribution in [-0.2, 0) is 0 Å². The summed E-state index contributed by atoms with van der Waals surface area (Å²) in [6.45, 7) is 6.25. The van der Waals surface area contributed by atoms with E-state index < -0.39 is 0 Å². The Morgan fingerprint density at radius 3 is 2.43 bits per heavy atom. The Labute approximate surface area is 168 Å². The van der Waals surface area contributed by atoms with E-state index in [1.807, 2.05) is 32.9 Å². The summed E-state index contributed by atoms with van der Waals surface area (Å²) in [5, 5.41) is 6.56. The van der Waals surface area contributed by atoms with Crippen molar-refractivity contribution in [1.82, 2.24) is 9.97 Å². The van der Waals surface area contributed by atoms with E-state index in [0.717, 1.165) is 17.0 Å². The third-order valence-corrected chi connectivity index (χ3v) is 4.35. The first-order valence-electron chi connectivity index (χ1n) is 8.87. The van der Waals surface area contributed by atoms with E-state index in [0.29, 0.717) is 29.0 Å². The first kappa shape index (κ1) is 19.6. The second-order valence-electron chi connectivity index (χ2n) is 6.22. The molecule has 28 heavy (non-hydrogen) atoms. The SMILES string of the molecule is CCOc1ccc(NC(=O)c2cc(C)nc(Nc3ccc(C)c(Cl)c3)n2)cc1. The number of hydrogen-bond acceptors (Lipinski definition) is 5. The van der Waals surface area contributed by atoms with E-state index in [9.17, 15) is 4.79 Å². The first-order valence-corrected chi connectivity index (χ1v) is 9.25. The van der Waals surface area contributed by atoms with E-state index in [4.69, 9.17) is 16.3 Å². The van der Waals surface area contributed by atoms with Gasteiger partial charge in [0, 0.05) is 22.1 Å². The van der Waals surface area contributed by atoms with Crippen LogP contribution in [0.4, 0.5) is 17.3 Å². The lowest BCUT2D eigenvalue weighted by molar-refractivity contribution is 0.102. The summed E-state index contributed by atoms with van der Waals surface area (Å²) in [7, 11) is 0. The van der Waals surface area contributed by atoms with Crippen molar-refractivity contribution in [3.05, 3.63) is 70.5 Å². The van der Waals surface area contributed by atoms with Gasteiger partial charge in [0.15, 0.2) is 0 Å². The number of ether oxygens (including phenoxy) is 1. The van der Waals surface area contributed by atoms with Crippen molar-refractivity contribution < 1.29 is 9.53 Å². The molecule has 144 valence electrons. The van der Waals surface area contributed by atoms with Crippen LogP contribution in [0.3, 0.4) is 0 Å². The second-order valence-corrected chi connectivity index (χ2v) is 6.63. The maximum Gasteiger partial charge on any atom is 0.274 e. The quantitative estimate of drug-likeness (QED) is 0.603. The summed E-state index contributed by atoms with van der Waals surface area (Å²) in [5.41, 5.74) is 3.33. The molecule has 0 aliphatic rings. The minimum absolute atomic E-state index is 0.266. The molecule has 3 rings (SSSR count). The van der Waals surface area contributed by atoms with Gasteiger partial charge in [-0.3, -0.25) is 4.79 Å². The fourth-order valence-corrected chi connectivity index (χ4v) is 2.72. The van der Waals surface area contributed by atoms with Gasteiger partial charge in [-0.05, 0) is 68.8 Å². The molecule has 0 radical (unpaired) electrons. The average Bonchev–Trinajstić information content (AvgIpc) is 2.66. The Bertz CT molecular complexity index is 990. The molecule has 0 atom stereocenters. The maximum atomic E-state index is 12.6. The van der Waals surface area contributed by atoms with Crippen LogP contribution in [-0.4, -0.2) is 22.5 Å². The zero-order valence-corrected chi connectivity index (χ0v) is 16.7. The summed E-state index contributed by atoms with van der Waals surface area (Å²) in [4.78, 5) is 21.3. The lowest BCUT2D eigenvalue weighted by atomic mass is 10.2. The van der Waals surface area contributed by atoms with E-state index in [2.05, 4.69) is 20.6 Å². The number of carbonyl (C=O) groups excluding carboxylic acids is 1. The molecule has 0 spiro atoms. The summed E-state index contributed by atoms with van der Waals surface area (Å²) in [5.74, 6) is 0.762. The van der Waals surface area contributed by atoms with Crippen molar-refractivity contribution >= 4 is 34.8 Å². The highest BCUT2D eigenvalue weighted by Gasteiger charge is 2.12. The van der Waals surface area contributed by atoms with Crippen LogP contribution in [0.15, 0.2) is 48.5 Å². The van der Waals surface area contributed by atoms with Gasteiger partial charge in [0.1, 0.15) is 11.4 Å². The number of carbonyl (C=O) groups is 1. The summed E-state index contributed by atoms with van der Waals surface area (Å²) >= 11 is 6.16. The number of halogens is 1. The molecule has 1 heterocycles. The Hall–Kier alpha value is -3.12. The van der Waals surface area contributed by atoms with Crippen LogP contribution in [0, 0.1) is 13.8 Å². The number of rotatable bonds is 6. The molecule has 1 amide bonds. The highest BCUT2D eigenvalue weighted by atomic mass is 35.5. The molecule has 6 nitrogen and oxygen atoms in total. The van der Waals surface area contributed by atoms with E-state index in [1.165, 1.54) is 0 Å². The number of nitrogens with one attached hydrogen (secondary N) is 2. The van der Waals surface area contributed by atoms with E-state index >= 15 is 0 Å². The van der Waals surface area contributed by atoms with Crippen LogP contribution in [0.5, 0.6) is 5.75 Å². The molecule has 0 aliphatic carbocycles. The van der Waals surface area contributed by atoms with Crippen molar-refractivity contribution in [2.24, 2.45) is 0 Å². The van der Waals surface area contributed by atoms with Gasteiger partial charge in [0.05, 0.1) is 6.61 Å². The molecule has 0 fully saturated rings. The standard InChI is InChI=1S/C21H21ClN4O2/c1-4-28-17-9-7-15(8-10-17)24-20(27)19-11-14(3)23-21(26-19)25-16-6-5-13(2)18(22)12-16/h5-12H,4H2,1-3H3,(H,24,27)(H,23,25,26). The number of amides is 1. The monoisotopic (exact) mass is 396 g/mol. The third kappa shape index (κ3) is 4.98. The predicted octanol–water partition coefficient (Wildman–Crippen LogP) is 5.14. The number of nitrogens with zero attached hydrogens (tertiary/aromatic N) is 2. The summed E-state index contributed by atoms with van der Waals surface area (Å²) in [6, 6.07) is 14.4. The fraction of sp³-hybridized carbons (Fsp3) is 0.190. The molecule has 0 saturated carbocycles. The molecular formula is C21H21ClN4O2. The van der Waals surface area contributed by atoms with Crippen molar-refractivity contribution in [2.75, 3.05) is 17.2 Å². The van der Waals surface area contributed by atoms with Crippen molar-refractivity contribution in [3.63, 3.8) is 0 Å². The van der Waals surface area contributed by atoms with Gasteiger partial charge in [0.25, 0.3) is 5.91 Å². The number of benzene rings is 2. The predicted molar refractivity (Wildman–Crippen MR) is 112 cm³/mol. The van der Waals surface area contributed by atoms with Crippen LogP contribution in [0.25, 0.3) is 0 Å². The van der Waals surface area contributed by atoms with Crippen LogP contribution < -0.4 is 15.4 Å². The molecule has 3 aromatic rings. The van der Waals surface area contributed by atoms with Gasteiger partial charge in [-0.1, -0.05) is 17.7 Å². The number of aryl methyl sites for hydroxylation is 2. The number of anilines is 3. The number of hydrogen-bond donors (Lipinski definition) is 2. The lowest BCUT2D eigenvalue weighted by Gasteiger charge is -2.10. The first-order chi connectivity index (χ1) is 13.4. The summed E-state index contributed by atoms with van der Waals surface area (Å²) in [6.07, 6.45) is 0. The molecule has 0 aliphatic heterocycles. The van der Waals surface area contributed by atoms with Gasteiger partial charge < -0.3 is 15.4 Å². The molecule has 0 bridgehead atoms. The van der Waals surface area contributed by atoms with Gasteiger partial charge in [-0.15, -0.1) is 0 Å². The Kier molecular flexibility index (Phi) is 6.11. The van der Waals surface area contributed by atoms with Crippen molar-refractivity contribution in [2.45, 2.75) is 20.8 Å². The third-order valence-electron chi connectivity index (χ3n) is 3.94. The molecule has 1 aromatic heterocycles. The smallest absolute Gasteiger partial charge is 0.274 e. The molecule has 2 aromatic carbocycles. The number of aromatic nitrogens is 2. The van der Waals surface area contributed by atoms with Crippen molar-refractivity contribution in [3.8, 4) is 5.75 Å². The minimum Gasteiger partial charge on any atom is -0.494 e. The second kappa shape index (κ2) is 8.71. The van der Waals surface area contributed by atoms with Gasteiger partial charge in [0.2, 0.25) is 5.95 Å². The Morgan fingerprint density at radius 1 is 1.04 bits per heavy atom. The van der Waals surface area contributed by atoms with Crippen molar-refractivity contribution in [1.29, 1.82) is 0 Å². The van der Waals surface area contributed by atoms with Crippen LogP contribution >= 0.6 is 11.6 Å². The molecule has 7 heteroatoms. The topological polar surface area (TPSA) is 76.1 Å². The average molecular weight is 397 g/mol. The van der Waals surface area contributed by atoms with E-state index in [1.54, 1.807) is 36.4 Å². The van der Waals surface area contributed by atoms with Crippen LogP contribution in [0.1, 0.15) is 28.7 Å². The minimum atomic E-state index is -0.320. The van der Waals surface area contributed by atoms with E-state index in [-0.39, 0.29) is 11.6 Å².